The summed E-state index contributed by atoms with van der Waals surface area (Å²) in [5.74, 6) is -0.0848. The fourth-order valence-electron chi connectivity index (χ4n) is 0.573. The van der Waals surface area contributed by atoms with Crippen molar-refractivity contribution < 1.29 is 38.0 Å². The Kier molecular flexibility index (Phi) is 10.7. The molecule has 0 aliphatic heterocycles. The van der Waals surface area contributed by atoms with Gasteiger partial charge in [0.25, 0.3) is 0 Å². The summed E-state index contributed by atoms with van der Waals surface area (Å²) in [6.07, 6.45) is 0.237. The number of nitrogens with two attached hydrogens (primary N) is 1. The second-order valence-electron chi connectivity index (χ2n) is 2.29. The van der Waals surface area contributed by atoms with Crippen molar-refractivity contribution in [3.8, 4) is 0 Å². The third-order valence-electron chi connectivity index (χ3n) is 1.09. The van der Waals surface area contributed by atoms with Crippen molar-refractivity contribution >= 4 is 24.1 Å². The smallest absolute Gasteiger partial charge is 0.370 e. The maximum absolute atomic E-state index is 10.3. The van der Waals surface area contributed by atoms with Crippen LogP contribution in [0.3, 0.4) is 0 Å². The predicted octanol–water partition coefficient (Wildman–Crippen LogP) is -3.72. The Morgan fingerprint density at radius 2 is 2.00 bits per heavy atom. The average molecular weight is 235 g/mol. The predicted molar refractivity (Wildman–Crippen MR) is 51.2 cm³/mol. The van der Waals surface area contributed by atoms with Crippen LogP contribution < -0.4 is 29.9 Å². The Hall–Kier alpha value is 0.527. The van der Waals surface area contributed by atoms with E-state index in [-0.39, 0.29) is 25.3 Å². The Labute approximate surface area is 98.5 Å². The normalized spacial score (nSPS) is 10.7. The Morgan fingerprint density at radius 1 is 1.43 bits per heavy atom. The number of nitrogens with one attached hydrogen (secondary N) is 1. The van der Waals surface area contributed by atoms with Gasteiger partial charge in [0, 0.05) is 25.3 Å². The van der Waals surface area contributed by atoms with Gasteiger partial charge in [0.05, 0.1) is 0 Å². The van der Waals surface area contributed by atoms with Gasteiger partial charge in [-0.3, -0.25) is 4.79 Å². The summed E-state index contributed by atoms with van der Waals surface area (Å²) in [7, 11) is 0. The molecule has 0 spiro atoms. The molecule has 1 amide bonds. The molecule has 0 aliphatic carbocycles. The van der Waals surface area contributed by atoms with Crippen molar-refractivity contribution in [2.45, 2.75) is 6.42 Å². The number of hydrogen-bond acceptors (Lipinski definition) is 4. The first-order valence-corrected chi connectivity index (χ1v) is 6.81. The van der Waals surface area contributed by atoms with Crippen LogP contribution in [0.4, 0.5) is 0 Å². The van der Waals surface area contributed by atoms with Gasteiger partial charge in [-0.1, -0.05) is 0 Å². The quantitative estimate of drug-likeness (QED) is 0.205. The molecule has 0 aromatic carbocycles. The molecule has 14 heavy (non-hydrogen) atoms. The summed E-state index contributed by atoms with van der Waals surface area (Å²) >= 11 is 0.580. The van der Waals surface area contributed by atoms with Crippen LogP contribution in [0.25, 0.3) is 0 Å². The molecule has 0 aromatic heterocycles. The van der Waals surface area contributed by atoms with E-state index in [1.165, 1.54) is 0 Å². The molecule has 0 heterocycles. The number of carbonyl (C=O) groups excluding carboxylic acids is 1. The monoisotopic (exact) mass is 235 g/mol. The zero-order valence-electron chi connectivity index (χ0n) is 7.97. The minimum atomic E-state index is -3.95. The van der Waals surface area contributed by atoms with Crippen molar-refractivity contribution in [3.63, 3.8) is 0 Å². The first-order chi connectivity index (χ1) is 5.92. The molecule has 6 nitrogen and oxygen atoms in total. The van der Waals surface area contributed by atoms with Crippen LogP contribution >= 0.6 is 18.2 Å². The SMILES string of the molecule is NC(=O)CCNCCSP(=O)(O)O.[Li+]. The zero-order valence-corrected chi connectivity index (χ0v) is 9.68. The second kappa shape index (κ2) is 8.81. The third-order valence-corrected chi connectivity index (χ3v) is 3.37. The minimum absolute atomic E-state index is 0. The molecule has 0 fully saturated rings. The van der Waals surface area contributed by atoms with Gasteiger partial charge in [0.1, 0.15) is 0 Å². The van der Waals surface area contributed by atoms with Crippen LogP contribution in [0.5, 0.6) is 0 Å². The molecule has 0 saturated carbocycles. The van der Waals surface area contributed by atoms with Gasteiger partial charge in [-0.05, 0) is 11.4 Å². The maximum atomic E-state index is 10.3. The summed E-state index contributed by atoms with van der Waals surface area (Å²) in [6.45, 7) is -3.06. The van der Waals surface area contributed by atoms with Crippen molar-refractivity contribution in [2.24, 2.45) is 5.73 Å². The van der Waals surface area contributed by atoms with E-state index in [0.29, 0.717) is 30.2 Å². The molecule has 5 N–H and O–H groups in total. The number of carbonyl (C=O) groups is 1. The first kappa shape index (κ1) is 16.9. The van der Waals surface area contributed by atoms with Crippen molar-refractivity contribution in [1.29, 1.82) is 0 Å². The van der Waals surface area contributed by atoms with E-state index in [0.717, 1.165) is 0 Å². The summed E-state index contributed by atoms with van der Waals surface area (Å²) in [4.78, 5) is 27.1. The number of primary amides is 1. The Bertz CT molecular complexity index is 212. The van der Waals surface area contributed by atoms with E-state index in [4.69, 9.17) is 15.5 Å². The molecule has 0 radical (unpaired) electrons. The van der Waals surface area contributed by atoms with Gasteiger partial charge in [-0.15, -0.1) is 0 Å². The minimum Gasteiger partial charge on any atom is -0.370 e. The molecule has 0 saturated heterocycles. The fraction of sp³-hybridized carbons (Fsp3) is 0.800. The number of rotatable bonds is 7. The van der Waals surface area contributed by atoms with E-state index in [1.807, 2.05) is 0 Å². The summed E-state index contributed by atoms with van der Waals surface area (Å²) in [5.41, 5.74) is 4.87. The largest absolute Gasteiger partial charge is 1.00 e. The van der Waals surface area contributed by atoms with Crippen LogP contribution in [-0.4, -0.2) is 34.5 Å². The molecule has 0 unspecified atom stereocenters. The average Bonchev–Trinajstić information content (AvgIpc) is 1.93. The summed E-state index contributed by atoms with van der Waals surface area (Å²) in [6, 6.07) is 0. The van der Waals surface area contributed by atoms with Crippen LogP contribution in [-0.2, 0) is 9.36 Å². The third kappa shape index (κ3) is 15.0. The van der Waals surface area contributed by atoms with Crippen molar-refractivity contribution in [2.75, 3.05) is 18.8 Å². The maximum Gasteiger partial charge on any atom is 1.00 e. The second-order valence-corrected chi connectivity index (χ2v) is 6.14. The topological polar surface area (TPSA) is 113 Å². The molecule has 78 valence electrons. The van der Waals surface area contributed by atoms with E-state index in [9.17, 15) is 9.36 Å². The van der Waals surface area contributed by atoms with Crippen LogP contribution in [0.15, 0.2) is 0 Å². The Morgan fingerprint density at radius 3 is 2.43 bits per heavy atom. The molecule has 0 bridgehead atoms. The van der Waals surface area contributed by atoms with Crippen LogP contribution in [0.1, 0.15) is 6.42 Å². The molecular weight excluding hydrogens is 222 g/mol. The summed E-state index contributed by atoms with van der Waals surface area (Å²) < 4.78 is 10.3. The molecule has 0 rings (SSSR count). The fourth-order valence-corrected chi connectivity index (χ4v) is 2.03. The Balaban J connectivity index is 0. The van der Waals surface area contributed by atoms with Crippen LogP contribution in [0, 0.1) is 0 Å². The van der Waals surface area contributed by atoms with E-state index in [2.05, 4.69) is 5.32 Å². The van der Waals surface area contributed by atoms with Gasteiger partial charge < -0.3 is 20.8 Å². The van der Waals surface area contributed by atoms with Crippen molar-refractivity contribution in [3.05, 3.63) is 0 Å². The van der Waals surface area contributed by atoms with E-state index < -0.39 is 12.7 Å². The van der Waals surface area contributed by atoms with Gasteiger partial charge in [-0.25, -0.2) is 4.57 Å². The molecule has 0 aliphatic rings. The zero-order chi connectivity index (χ0) is 10.3. The van der Waals surface area contributed by atoms with Gasteiger partial charge >= 0.3 is 25.7 Å². The summed E-state index contributed by atoms with van der Waals surface area (Å²) in [5, 5.41) is 2.82. The first-order valence-electron chi connectivity index (χ1n) is 3.61. The molecule has 9 heteroatoms. The van der Waals surface area contributed by atoms with Crippen LogP contribution in [0.2, 0.25) is 0 Å². The van der Waals surface area contributed by atoms with Crippen molar-refractivity contribution in [1.82, 2.24) is 5.32 Å². The molecular formula is C5H13LiN2O4PS+. The number of hydrogen-bond donors (Lipinski definition) is 4. The van der Waals surface area contributed by atoms with E-state index >= 15 is 0 Å². The molecule has 0 atom stereocenters. The molecule has 0 aromatic rings. The van der Waals surface area contributed by atoms with Gasteiger partial charge in [0.2, 0.25) is 5.91 Å². The number of amides is 1. The van der Waals surface area contributed by atoms with Gasteiger partial charge in [-0.2, -0.15) is 0 Å². The van der Waals surface area contributed by atoms with E-state index in [1.54, 1.807) is 0 Å². The standard InChI is InChI=1S/C5H13N2O4PS.Li/c6-5(8)1-2-7-3-4-13-12(9,10)11;/h7H,1-4H2,(H2,6,8)(H2,9,10,11);/q;+1. The van der Waals surface area contributed by atoms with Gasteiger partial charge in [0.15, 0.2) is 0 Å².